The molecule has 0 aliphatic carbocycles. The Bertz CT molecular complexity index is 1190. The van der Waals surface area contributed by atoms with Crippen molar-refractivity contribution in [3.63, 3.8) is 0 Å². The van der Waals surface area contributed by atoms with Gasteiger partial charge in [0.05, 0.1) is 13.2 Å². The number of hydrogen-bond acceptors (Lipinski definition) is 6. The molecule has 2 aromatic carbocycles. The van der Waals surface area contributed by atoms with Gasteiger partial charge in [0.1, 0.15) is 5.52 Å². The van der Waals surface area contributed by atoms with Gasteiger partial charge in [0.2, 0.25) is 11.8 Å². The Balaban J connectivity index is 1.11. The first-order chi connectivity index (χ1) is 17.5. The molecule has 2 fully saturated rings. The first-order valence-corrected chi connectivity index (χ1v) is 12.9. The number of likely N-dealkylation sites (tertiary alicyclic amines) is 1. The topological polar surface area (TPSA) is 87.9 Å². The van der Waals surface area contributed by atoms with Crippen LogP contribution in [0.4, 0.5) is 0 Å². The molecule has 0 radical (unpaired) electrons. The zero-order chi connectivity index (χ0) is 24.9. The van der Waals surface area contributed by atoms with E-state index in [0.29, 0.717) is 49.0 Å². The molecule has 36 heavy (non-hydrogen) atoms. The van der Waals surface area contributed by atoms with E-state index in [1.54, 1.807) is 6.07 Å². The van der Waals surface area contributed by atoms with E-state index < -0.39 is 0 Å². The summed E-state index contributed by atoms with van der Waals surface area (Å²) in [6.45, 7) is 8.30. The third-order valence-corrected chi connectivity index (χ3v) is 7.16. The van der Waals surface area contributed by atoms with Gasteiger partial charge in [-0.05, 0) is 56.0 Å². The van der Waals surface area contributed by atoms with Gasteiger partial charge >= 0.3 is 0 Å². The predicted octanol–water partition coefficient (Wildman–Crippen LogP) is 3.49. The van der Waals surface area contributed by atoms with Gasteiger partial charge in [-0.15, -0.1) is 0 Å². The van der Waals surface area contributed by atoms with Crippen molar-refractivity contribution in [3.05, 3.63) is 53.6 Å². The fourth-order valence-corrected chi connectivity index (χ4v) is 4.91. The average Bonchev–Trinajstić information content (AvgIpc) is 3.33. The Morgan fingerprint density at radius 2 is 1.78 bits per heavy atom. The Morgan fingerprint density at radius 3 is 2.53 bits per heavy atom. The first kappa shape index (κ1) is 24.5. The summed E-state index contributed by atoms with van der Waals surface area (Å²) >= 11 is 0. The molecule has 5 rings (SSSR count). The van der Waals surface area contributed by atoms with Crippen LogP contribution < -0.4 is 5.32 Å². The number of oxazole rings is 1. The van der Waals surface area contributed by atoms with E-state index in [9.17, 15) is 9.59 Å². The Kier molecular flexibility index (Phi) is 7.63. The van der Waals surface area contributed by atoms with Crippen LogP contribution in [-0.4, -0.2) is 79.1 Å². The Labute approximate surface area is 211 Å². The summed E-state index contributed by atoms with van der Waals surface area (Å²) < 4.78 is 11.3. The molecule has 2 amide bonds. The van der Waals surface area contributed by atoms with E-state index in [-0.39, 0.29) is 11.8 Å². The molecule has 1 N–H and O–H groups in total. The van der Waals surface area contributed by atoms with E-state index in [0.717, 1.165) is 56.8 Å². The minimum absolute atomic E-state index is 0.00130. The second-order valence-electron chi connectivity index (χ2n) is 9.81. The Morgan fingerprint density at radius 1 is 1.03 bits per heavy atom. The van der Waals surface area contributed by atoms with Gasteiger partial charge in [-0.2, -0.15) is 0 Å². The standard InChI is InChI=1S/C28H34N4O4/c1-20-2-4-22(5-3-20)27-30-24-7-6-23(19-25(24)36-27)28(34)32-11-8-21(9-12-32)18-26(33)29-10-13-31-14-16-35-17-15-31/h2-7,19,21H,8-18H2,1H3,(H,29,33). The number of amides is 2. The number of aromatic nitrogens is 1. The molecule has 8 heteroatoms. The maximum Gasteiger partial charge on any atom is 0.253 e. The molecule has 0 saturated carbocycles. The first-order valence-electron chi connectivity index (χ1n) is 12.9. The lowest BCUT2D eigenvalue weighted by molar-refractivity contribution is -0.122. The van der Waals surface area contributed by atoms with Crippen LogP contribution in [-0.2, 0) is 9.53 Å². The van der Waals surface area contributed by atoms with Gasteiger partial charge in [-0.25, -0.2) is 4.98 Å². The number of aryl methyl sites for hydroxylation is 1. The average molecular weight is 491 g/mol. The van der Waals surface area contributed by atoms with Gasteiger partial charge in [0.15, 0.2) is 5.58 Å². The molecular weight excluding hydrogens is 456 g/mol. The number of carbonyl (C=O) groups excluding carboxylic acids is 2. The number of nitrogens with zero attached hydrogens (tertiary/aromatic N) is 3. The molecule has 0 atom stereocenters. The molecule has 0 bridgehead atoms. The van der Waals surface area contributed by atoms with Crippen LogP contribution in [0.2, 0.25) is 0 Å². The molecular formula is C28H34N4O4. The number of nitrogens with one attached hydrogen (secondary N) is 1. The van der Waals surface area contributed by atoms with Crippen LogP contribution in [0.25, 0.3) is 22.6 Å². The fraction of sp³-hybridized carbons (Fsp3) is 0.464. The van der Waals surface area contributed by atoms with Crippen molar-refractivity contribution in [1.29, 1.82) is 0 Å². The fourth-order valence-electron chi connectivity index (χ4n) is 4.91. The van der Waals surface area contributed by atoms with Crippen LogP contribution >= 0.6 is 0 Å². The zero-order valence-electron chi connectivity index (χ0n) is 20.9. The summed E-state index contributed by atoms with van der Waals surface area (Å²) in [5.74, 6) is 0.969. The molecule has 3 aromatic rings. The van der Waals surface area contributed by atoms with Gasteiger partial charge < -0.3 is 19.4 Å². The quantitative estimate of drug-likeness (QED) is 0.546. The lowest BCUT2D eigenvalue weighted by atomic mass is 9.93. The van der Waals surface area contributed by atoms with Crippen molar-refractivity contribution in [2.24, 2.45) is 5.92 Å². The highest BCUT2D eigenvalue weighted by molar-refractivity contribution is 5.97. The third kappa shape index (κ3) is 5.94. The second-order valence-corrected chi connectivity index (χ2v) is 9.81. The minimum atomic E-state index is -0.00130. The summed E-state index contributed by atoms with van der Waals surface area (Å²) in [6, 6.07) is 13.5. The van der Waals surface area contributed by atoms with Crippen molar-refractivity contribution in [3.8, 4) is 11.5 Å². The van der Waals surface area contributed by atoms with Crippen molar-refractivity contribution in [1.82, 2.24) is 20.1 Å². The number of ether oxygens (including phenoxy) is 1. The number of piperidine rings is 1. The van der Waals surface area contributed by atoms with Crippen LogP contribution in [0.15, 0.2) is 46.9 Å². The predicted molar refractivity (Wildman–Crippen MR) is 138 cm³/mol. The normalized spacial score (nSPS) is 17.4. The largest absolute Gasteiger partial charge is 0.436 e. The molecule has 1 aromatic heterocycles. The van der Waals surface area contributed by atoms with E-state index in [4.69, 9.17) is 9.15 Å². The lowest BCUT2D eigenvalue weighted by Gasteiger charge is -2.32. The molecule has 3 heterocycles. The summed E-state index contributed by atoms with van der Waals surface area (Å²) in [5, 5.41) is 3.05. The highest BCUT2D eigenvalue weighted by Gasteiger charge is 2.25. The van der Waals surface area contributed by atoms with E-state index in [1.807, 2.05) is 48.2 Å². The van der Waals surface area contributed by atoms with Gasteiger partial charge in [-0.1, -0.05) is 17.7 Å². The number of rotatable bonds is 7. The summed E-state index contributed by atoms with van der Waals surface area (Å²) in [6.07, 6.45) is 2.20. The smallest absolute Gasteiger partial charge is 0.253 e. The zero-order valence-corrected chi connectivity index (χ0v) is 20.9. The highest BCUT2D eigenvalue weighted by atomic mass is 16.5. The summed E-state index contributed by atoms with van der Waals surface area (Å²) in [4.78, 5) is 34.3. The van der Waals surface area contributed by atoms with Crippen molar-refractivity contribution < 1.29 is 18.7 Å². The monoisotopic (exact) mass is 490 g/mol. The number of morpholine rings is 1. The molecule has 8 nitrogen and oxygen atoms in total. The molecule has 2 aliphatic heterocycles. The molecule has 0 spiro atoms. The highest BCUT2D eigenvalue weighted by Crippen LogP contribution is 2.27. The van der Waals surface area contributed by atoms with E-state index >= 15 is 0 Å². The van der Waals surface area contributed by atoms with Gasteiger partial charge in [0, 0.05) is 56.8 Å². The summed E-state index contributed by atoms with van der Waals surface area (Å²) in [5.41, 5.74) is 4.04. The van der Waals surface area contributed by atoms with Crippen molar-refractivity contribution >= 4 is 22.9 Å². The number of benzene rings is 2. The number of fused-ring (bicyclic) bond motifs is 1. The van der Waals surface area contributed by atoms with Gasteiger partial charge in [0.25, 0.3) is 5.91 Å². The maximum absolute atomic E-state index is 13.1. The van der Waals surface area contributed by atoms with Crippen LogP contribution in [0.1, 0.15) is 35.2 Å². The van der Waals surface area contributed by atoms with Gasteiger partial charge in [-0.3, -0.25) is 14.5 Å². The van der Waals surface area contributed by atoms with Crippen LogP contribution in [0.5, 0.6) is 0 Å². The molecule has 190 valence electrons. The number of carbonyl (C=O) groups is 2. The maximum atomic E-state index is 13.1. The van der Waals surface area contributed by atoms with Crippen molar-refractivity contribution in [2.75, 3.05) is 52.5 Å². The Hall–Kier alpha value is -3.23. The van der Waals surface area contributed by atoms with Crippen LogP contribution in [0.3, 0.4) is 0 Å². The molecule has 0 unspecified atom stereocenters. The third-order valence-electron chi connectivity index (χ3n) is 7.16. The molecule has 2 saturated heterocycles. The lowest BCUT2D eigenvalue weighted by Crippen LogP contribution is -2.42. The SMILES string of the molecule is Cc1ccc(-c2nc3ccc(C(=O)N4CCC(CC(=O)NCCN5CCOCC5)CC4)cc3o2)cc1. The van der Waals surface area contributed by atoms with E-state index in [2.05, 4.69) is 15.2 Å². The minimum Gasteiger partial charge on any atom is -0.436 e. The van der Waals surface area contributed by atoms with Crippen LogP contribution in [0, 0.1) is 12.8 Å². The number of hydrogen-bond donors (Lipinski definition) is 1. The van der Waals surface area contributed by atoms with Crippen molar-refractivity contribution in [2.45, 2.75) is 26.2 Å². The molecule has 2 aliphatic rings. The van der Waals surface area contributed by atoms with E-state index in [1.165, 1.54) is 5.56 Å². The summed E-state index contributed by atoms with van der Waals surface area (Å²) in [7, 11) is 0. The second kappa shape index (κ2) is 11.2.